The molecule has 4 heteroatoms. The molecule has 0 radical (unpaired) electrons. The highest BCUT2D eigenvalue weighted by molar-refractivity contribution is 5.80. The largest absolute Gasteiger partial charge is 0.489 e. The number of carboxylic acid groups (broad SMARTS) is 1. The molecule has 3 aromatic rings. The van der Waals surface area contributed by atoms with Crippen molar-refractivity contribution >= 4 is 16.9 Å². The number of nitrogens with zero attached hydrogens (tertiary/aromatic N) is 1. The summed E-state index contributed by atoms with van der Waals surface area (Å²) in [5.41, 5.74) is 3.47. The maximum Gasteiger partial charge on any atom is 0.303 e. The van der Waals surface area contributed by atoms with E-state index < -0.39 is 5.97 Å². The molecule has 0 unspecified atom stereocenters. The molecular weight excluding hydrogens is 362 g/mol. The Morgan fingerprint density at radius 3 is 2.52 bits per heavy atom. The molecule has 1 aliphatic rings. The van der Waals surface area contributed by atoms with E-state index in [4.69, 9.17) is 9.84 Å². The Kier molecular flexibility index (Phi) is 6.18. The van der Waals surface area contributed by atoms with E-state index in [1.165, 1.54) is 43.0 Å². The lowest BCUT2D eigenvalue weighted by molar-refractivity contribution is -0.136. The highest BCUT2D eigenvalue weighted by Crippen LogP contribution is 2.27. The van der Waals surface area contributed by atoms with E-state index in [-0.39, 0.29) is 6.42 Å². The number of aryl methyl sites for hydroxylation is 1. The smallest absolute Gasteiger partial charge is 0.303 e. The molecule has 4 rings (SSSR count). The first-order valence-corrected chi connectivity index (χ1v) is 10.7. The minimum Gasteiger partial charge on any atom is -0.489 e. The van der Waals surface area contributed by atoms with Gasteiger partial charge in [-0.3, -0.25) is 4.79 Å². The van der Waals surface area contributed by atoms with Gasteiger partial charge in [0, 0.05) is 24.7 Å². The van der Waals surface area contributed by atoms with Crippen LogP contribution in [0.25, 0.3) is 10.9 Å². The van der Waals surface area contributed by atoms with Crippen molar-refractivity contribution in [3.05, 3.63) is 65.9 Å². The summed E-state index contributed by atoms with van der Waals surface area (Å²) >= 11 is 0. The summed E-state index contributed by atoms with van der Waals surface area (Å²) in [5, 5.41) is 10.1. The fourth-order valence-corrected chi connectivity index (χ4v) is 4.30. The summed E-state index contributed by atoms with van der Waals surface area (Å²) in [7, 11) is 0. The van der Waals surface area contributed by atoms with Gasteiger partial charge < -0.3 is 14.4 Å². The molecule has 0 aliphatic heterocycles. The Labute approximate surface area is 172 Å². The van der Waals surface area contributed by atoms with Gasteiger partial charge in [-0.2, -0.15) is 0 Å². The standard InChI is InChI=1S/C25H29NO3/c27-25(28)13-9-19-7-11-23(12-8-19)29-18-21-6-10-22-14-15-26(24(22)16-21)17-20-4-2-1-3-5-20/h6-8,10-12,14-16,20H,1-5,9,13,17-18H2,(H,27,28). The number of hydrogen-bond acceptors (Lipinski definition) is 2. The van der Waals surface area contributed by atoms with Gasteiger partial charge in [0.15, 0.2) is 0 Å². The Hall–Kier alpha value is -2.75. The van der Waals surface area contributed by atoms with Gasteiger partial charge in [-0.1, -0.05) is 43.5 Å². The van der Waals surface area contributed by atoms with Crippen molar-refractivity contribution in [2.75, 3.05) is 0 Å². The number of benzene rings is 2. The average molecular weight is 392 g/mol. The first-order valence-electron chi connectivity index (χ1n) is 10.7. The Bertz CT molecular complexity index is 952. The molecule has 0 atom stereocenters. The van der Waals surface area contributed by atoms with Crippen molar-refractivity contribution in [3.8, 4) is 5.75 Å². The number of carboxylic acids is 1. The van der Waals surface area contributed by atoms with E-state index in [0.717, 1.165) is 29.3 Å². The molecule has 0 saturated heterocycles. The number of aliphatic carboxylic acids is 1. The number of fused-ring (bicyclic) bond motifs is 1. The molecule has 1 aliphatic carbocycles. The van der Waals surface area contributed by atoms with Gasteiger partial charge in [-0.25, -0.2) is 0 Å². The van der Waals surface area contributed by atoms with Crippen LogP contribution in [0.2, 0.25) is 0 Å². The van der Waals surface area contributed by atoms with E-state index in [1.807, 2.05) is 24.3 Å². The Morgan fingerprint density at radius 1 is 1.00 bits per heavy atom. The van der Waals surface area contributed by atoms with Crippen molar-refractivity contribution < 1.29 is 14.6 Å². The van der Waals surface area contributed by atoms with Crippen molar-refractivity contribution in [2.24, 2.45) is 5.92 Å². The molecule has 1 aromatic heterocycles. The molecule has 152 valence electrons. The summed E-state index contributed by atoms with van der Waals surface area (Å²) in [4.78, 5) is 10.7. The topological polar surface area (TPSA) is 51.5 Å². The highest BCUT2D eigenvalue weighted by atomic mass is 16.5. The minimum absolute atomic E-state index is 0.153. The van der Waals surface area contributed by atoms with Crippen LogP contribution in [0.1, 0.15) is 49.7 Å². The molecular formula is C25H29NO3. The third kappa shape index (κ3) is 5.20. The maximum atomic E-state index is 10.7. The van der Waals surface area contributed by atoms with Gasteiger partial charge in [-0.05, 0) is 66.0 Å². The van der Waals surface area contributed by atoms with E-state index in [0.29, 0.717) is 13.0 Å². The number of ether oxygens (including phenoxy) is 1. The Balaban J connectivity index is 1.39. The number of rotatable bonds is 8. The zero-order chi connectivity index (χ0) is 20.1. The lowest BCUT2D eigenvalue weighted by atomic mass is 9.89. The van der Waals surface area contributed by atoms with Crippen molar-refractivity contribution in [1.29, 1.82) is 0 Å². The van der Waals surface area contributed by atoms with Crippen LogP contribution >= 0.6 is 0 Å². The van der Waals surface area contributed by atoms with Crippen molar-refractivity contribution in [3.63, 3.8) is 0 Å². The van der Waals surface area contributed by atoms with Gasteiger partial charge in [0.25, 0.3) is 0 Å². The average Bonchev–Trinajstić information content (AvgIpc) is 3.14. The fourth-order valence-electron chi connectivity index (χ4n) is 4.30. The van der Waals surface area contributed by atoms with Crippen LogP contribution in [0.3, 0.4) is 0 Å². The summed E-state index contributed by atoms with van der Waals surface area (Å²) in [6, 6.07) is 16.5. The highest BCUT2D eigenvalue weighted by Gasteiger charge is 2.15. The maximum absolute atomic E-state index is 10.7. The molecule has 1 heterocycles. The predicted molar refractivity (Wildman–Crippen MR) is 115 cm³/mol. The monoisotopic (exact) mass is 391 g/mol. The molecule has 0 amide bonds. The molecule has 1 N–H and O–H groups in total. The van der Waals surface area contributed by atoms with Crippen LogP contribution < -0.4 is 4.74 Å². The molecule has 4 nitrogen and oxygen atoms in total. The van der Waals surface area contributed by atoms with Gasteiger partial charge in [-0.15, -0.1) is 0 Å². The van der Waals surface area contributed by atoms with Gasteiger partial charge in [0.2, 0.25) is 0 Å². The summed E-state index contributed by atoms with van der Waals surface area (Å²) in [6.07, 6.45) is 9.77. The minimum atomic E-state index is -0.769. The van der Waals surface area contributed by atoms with Crippen LogP contribution in [0, 0.1) is 5.92 Å². The van der Waals surface area contributed by atoms with Crippen LogP contribution in [0.5, 0.6) is 5.75 Å². The van der Waals surface area contributed by atoms with Gasteiger partial charge >= 0.3 is 5.97 Å². The zero-order valence-electron chi connectivity index (χ0n) is 16.8. The lowest BCUT2D eigenvalue weighted by Gasteiger charge is -2.22. The number of carbonyl (C=O) groups is 1. The fraction of sp³-hybridized carbons (Fsp3) is 0.400. The molecule has 0 spiro atoms. The normalized spacial score (nSPS) is 14.9. The van der Waals surface area contributed by atoms with Gasteiger partial charge in [0.05, 0.1) is 0 Å². The van der Waals surface area contributed by atoms with E-state index >= 15 is 0 Å². The third-order valence-electron chi connectivity index (χ3n) is 5.97. The number of aromatic nitrogens is 1. The van der Waals surface area contributed by atoms with Crippen LogP contribution in [-0.4, -0.2) is 15.6 Å². The van der Waals surface area contributed by atoms with Crippen LogP contribution in [-0.2, 0) is 24.4 Å². The molecule has 2 aromatic carbocycles. The van der Waals surface area contributed by atoms with E-state index in [2.05, 4.69) is 35.0 Å². The Morgan fingerprint density at radius 2 is 1.76 bits per heavy atom. The first-order chi connectivity index (χ1) is 14.2. The summed E-state index contributed by atoms with van der Waals surface area (Å²) < 4.78 is 8.37. The predicted octanol–water partition coefficient (Wildman–Crippen LogP) is 5.82. The quantitative estimate of drug-likeness (QED) is 0.526. The van der Waals surface area contributed by atoms with Crippen molar-refractivity contribution in [1.82, 2.24) is 4.57 Å². The second-order valence-electron chi connectivity index (χ2n) is 8.19. The summed E-state index contributed by atoms with van der Waals surface area (Å²) in [5.74, 6) is 0.842. The molecule has 1 fully saturated rings. The summed E-state index contributed by atoms with van der Waals surface area (Å²) in [6.45, 7) is 1.64. The van der Waals surface area contributed by atoms with E-state index in [1.54, 1.807) is 0 Å². The second-order valence-corrected chi connectivity index (χ2v) is 8.19. The number of hydrogen-bond donors (Lipinski definition) is 1. The molecule has 1 saturated carbocycles. The van der Waals surface area contributed by atoms with Crippen LogP contribution in [0.15, 0.2) is 54.7 Å². The second kappa shape index (κ2) is 9.17. The molecule has 0 bridgehead atoms. The molecule has 29 heavy (non-hydrogen) atoms. The lowest BCUT2D eigenvalue weighted by Crippen LogP contribution is -2.13. The third-order valence-corrected chi connectivity index (χ3v) is 5.97. The van der Waals surface area contributed by atoms with E-state index in [9.17, 15) is 4.79 Å². The first kappa shape index (κ1) is 19.6. The van der Waals surface area contributed by atoms with Crippen LogP contribution in [0.4, 0.5) is 0 Å². The van der Waals surface area contributed by atoms with Gasteiger partial charge in [0.1, 0.15) is 12.4 Å². The zero-order valence-corrected chi connectivity index (χ0v) is 16.8. The SMILES string of the molecule is O=C(O)CCc1ccc(OCc2ccc3ccn(CC4CCCCC4)c3c2)cc1. The van der Waals surface area contributed by atoms with Crippen molar-refractivity contribution in [2.45, 2.75) is 58.1 Å².